The summed E-state index contributed by atoms with van der Waals surface area (Å²) in [6, 6.07) is 4.31. The highest BCUT2D eigenvalue weighted by Gasteiger charge is 2.64. The van der Waals surface area contributed by atoms with E-state index in [1.807, 2.05) is 0 Å². The summed E-state index contributed by atoms with van der Waals surface area (Å²) in [5, 5.41) is 12.3. The van der Waals surface area contributed by atoms with E-state index in [2.05, 4.69) is 5.32 Å². The Morgan fingerprint density at radius 3 is 2.35 bits per heavy atom. The zero-order chi connectivity index (χ0) is 16.8. The van der Waals surface area contributed by atoms with Crippen LogP contribution in [0.15, 0.2) is 18.2 Å². The number of nitrogens with two attached hydrogens (primary N) is 1. The van der Waals surface area contributed by atoms with Crippen LogP contribution in [0.2, 0.25) is 5.02 Å². The fourth-order valence-corrected chi connectivity index (χ4v) is 3.92. The molecule has 0 aromatic heterocycles. The van der Waals surface area contributed by atoms with E-state index >= 15 is 0 Å². The molecule has 0 bridgehead atoms. The highest BCUT2D eigenvalue weighted by atomic mass is 35.5. The van der Waals surface area contributed by atoms with Crippen molar-refractivity contribution in [2.45, 2.75) is 32.1 Å². The largest absolute Gasteiger partial charge is 0.480 e. The molecular formula is C16H17ClN2O4. The van der Waals surface area contributed by atoms with Crippen LogP contribution in [-0.4, -0.2) is 22.9 Å². The first-order valence-electron chi connectivity index (χ1n) is 7.42. The maximum absolute atomic E-state index is 12.5. The number of nitrogens with one attached hydrogen (secondary N) is 1. The lowest BCUT2D eigenvalue weighted by Crippen LogP contribution is -2.59. The Kier molecular flexibility index (Phi) is 3.59. The van der Waals surface area contributed by atoms with Crippen LogP contribution in [-0.2, 0) is 9.59 Å². The molecular weight excluding hydrogens is 320 g/mol. The van der Waals surface area contributed by atoms with Crippen LogP contribution in [0.25, 0.3) is 0 Å². The molecule has 6 nitrogen and oxygen atoms in total. The topological polar surface area (TPSA) is 109 Å². The number of amides is 2. The molecule has 0 atom stereocenters. The van der Waals surface area contributed by atoms with Gasteiger partial charge in [-0.1, -0.05) is 18.0 Å². The Labute approximate surface area is 138 Å². The third kappa shape index (κ3) is 2.47. The molecule has 3 rings (SSSR count). The Balaban J connectivity index is 1.79. The number of halogens is 1. The van der Waals surface area contributed by atoms with E-state index in [0.29, 0.717) is 18.5 Å². The molecule has 0 radical (unpaired) electrons. The molecule has 1 aromatic rings. The fourth-order valence-electron chi connectivity index (χ4n) is 3.71. The van der Waals surface area contributed by atoms with Gasteiger partial charge >= 0.3 is 5.97 Å². The highest BCUT2D eigenvalue weighted by Crippen LogP contribution is 2.64. The van der Waals surface area contributed by atoms with Crippen molar-refractivity contribution in [1.82, 2.24) is 0 Å². The zero-order valence-corrected chi connectivity index (χ0v) is 13.2. The monoisotopic (exact) mass is 336 g/mol. The summed E-state index contributed by atoms with van der Waals surface area (Å²) in [6.07, 6.45) is 3.81. The van der Waals surface area contributed by atoms with Crippen molar-refractivity contribution < 1.29 is 19.5 Å². The van der Waals surface area contributed by atoms with E-state index in [9.17, 15) is 19.5 Å². The second-order valence-corrected chi connectivity index (χ2v) is 7.01. The maximum atomic E-state index is 12.5. The van der Waals surface area contributed by atoms with Crippen molar-refractivity contribution >= 4 is 35.1 Å². The van der Waals surface area contributed by atoms with E-state index in [4.69, 9.17) is 17.3 Å². The van der Waals surface area contributed by atoms with Gasteiger partial charge in [-0.2, -0.15) is 0 Å². The van der Waals surface area contributed by atoms with Crippen molar-refractivity contribution in [1.29, 1.82) is 0 Å². The van der Waals surface area contributed by atoms with E-state index in [1.165, 1.54) is 18.2 Å². The second-order valence-electron chi connectivity index (χ2n) is 6.61. The lowest BCUT2D eigenvalue weighted by Gasteiger charge is -2.58. The summed E-state index contributed by atoms with van der Waals surface area (Å²) in [6.45, 7) is 0. The number of aliphatic carboxylic acids is 1. The number of rotatable bonds is 4. The molecule has 23 heavy (non-hydrogen) atoms. The molecule has 1 spiro atoms. The molecule has 2 saturated carbocycles. The number of hydrogen-bond donors (Lipinski definition) is 3. The SMILES string of the molecule is NC(=O)c1cc(NC(=O)C2(C(=O)O)CC3(CCC3)C2)ccc1Cl. The average Bonchev–Trinajstić information content (AvgIpc) is 2.37. The quantitative estimate of drug-likeness (QED) is 0.733. The van der Waals surface area contributed by atoms with Crippen LogP contribution in [0.5, 0.6) is 0 Å². The smallest absolute Gasteiger partial charge is 0.319 e. The number of benzene rings is 1. The molecule has 4 N–H and O–H groups in total. The van der Waals surface area contributed by atoms with Gasteiger partial charge < -0.3 is 16.2 Å². The third-order valence-electron chi connectivity index (χ3n) is 5.10. The minimum atomic E-state index is -1.38. The number of anilines is 1. The number of carbonyl (C=O) groups is 3. The predicted molar refractivity (Wildman–Crippen MR) is 84.2 cm³/mol. The highest BCUT2D eigenvalue weighted by molar-refractivity contribution is 6.34. The number of carboxylic acid groups (broad SMARTS) is 1. The Hall–Kier alpha value is -2.08. The van der Waals surface area contributed by atoms with Gasteiger partial charge in [-0.3, -0.25) is 14.4 Å². The van der Waals surface area contributed by atoms with Gasteiger partial charge in [0.05, 0.1) is 10.6 Å². The van der Waals surface area contributed by atoms with Gasteiger partial charge in [0, 0.05) is 5.69 Å². The zero-order valence-electron chi connectivity index (χ0n) is 12.4. The first-order valence-corrected chi connectivity index (χ1v) is 7.80. The summed E-state index contributed by atoms with van der Waals surface area (Å²) < 4.78 is 0. The van der Waals surface area contributed by atoms with Crippen molar-refractivity contribution in [3.63, 3.8) is 0 Å². The van der Waals surface area contributed by atoms with Crippen molar-refractivity contribution in [2.75, 3.05) is 5.32 Å². The van der Waals surface area contributed by atoms with Gasteiger partial charge in [0.1, 0.15) is 5.41 Å². The van der Waals surface area contributed by atoms with Crippen molar-refractivity contribution in [3.05, 3.63) is 28.8 Å². The maximum Gasteiger partial charge on any atom is 0.319 e. The van der Waals surface area contributed by atoms with Crippen LogP contribution >= 0.6 is 11.6 Å². The molecule has 2 aliphatic carbocycles. The summed E-state index contributed by atoms with van der Waals surface area (Å²) in [7, 11) is 0. The van der Waals surface area contributed by atoms with Crippen molar-refractivity contribution in [2.24, 2.45) is 16.6 Å². The van der Waals surface area contributed by atoms with E-state index in [-0.39, 0.29) is 16.0 Å². The molecule has 0 aliphatic heterocycles. The Morgan fingerprint density at radius 1 is 1.22 bits per heavy atom. The number of carbonyl (C=O) groups excluding carboxylic acids is 2. The van der Waals surface area contributed by atoms with Gasteiger partial charge in [0.2, 0.25) is 11.8 Å². The van der Waals surface area contributed by atoms with E-state index < -0.39 is 23.2 Å². The average molecular weight is 337 g/mol. The number of carboxylic acids is 1. The van der Waals surface area contributed by atoms with Crippen LogP contribution in [0, 0.1) is 10.8 Å². The summed E-state index contributed by atoms with van der Waals surface area (Å²) >= 11 is 5.86. The van der Waals surface area contributed by atoms with Crippen molar-refractivity contribution in [3.8, 4) is 0 Å². The number of primary amides is 1. The summed E-state index contributed by atoms with van der Waals surface area (Å²) in [5.74, 6) is -2.37. The third-order valence-corrected chi connectivity index (χ3v) is 5.43. The lowest BCUT2D eigenvalue weighted by molar-refractivity contribution is -0.178. The van der Waals surface area contributed by atoms with Crippen LogP contribution < -0.4 is 11.1 Å². The molecule has 0 heterocycles. The lowest BCUT2D eigenvalue weighted by atomic mass is 9.45. The first-order chi connectivity index (χ1) is 10.8. The van der Waals surface area contributed by atoms with Gasteiger partial charge in [-0.05, 0) is 49.3 Å². The van der Waals surface area contributed by atoms with Gasteiger partial charge in [-0.15, -0.1) is 0 Å². The normalized spacial score (nSPS) is 20.2. The fraction of sp³-hybridized carbons (Fsp3) is 0.438. The van der Waals surface area contributed by atoms with Crippen LogP contribution in [0.3, 0.4) is 0 Å². The van der Waals surface area contributed by atoms with Gasteiger partial charge in [0.15, 0.2) is 0 Å². The Bertz CT molecular complexity index is 704. The minimum Gasteiger partial charge on any atom is -0.480 e. The molecule has 1 aromatic carbocycles. The molecule has 122 valence electrons. The summed E-state index contributed by atoms with van der Waals surface area (Å²) in [4.78, 5) is 35.4. The standard InChI is InChI=1S/C16H17ClN2O4/c17-11-3-2-9(6-10(11)12(18)20)19-13(21)16(14(22)23)7-15(8-16)4-1-5-15/h2-3,6H,1,4-5,7-8H2,(H2,18,20)(H,19,21)(H,22,23). The first kappa shape index (κ1) is 15.8. The molecule has 0 saturated heterocycles. The van der Waals surface area contributed by atoms with Crippen LogP contribution in [0.4, 0.5) is 5.69 Å². The minimum absolute atomic E-state index is 0.0358. The molecule has 2 aliphatic rings. The van der Waals surface area contributed by atoms with E-state index in [0.717, 1.165) is 19.3 Å². The van der Waals surface area contributed by atoms with Gasteiger partial charge in [-0.25, -0.2) is 0 Å². The second kappa shape index (κ2) is 5.23. The molecule has 2 amide bonds. The Morgan fingerprint density at radius 2 is 1.87 bits per heavy atom. The predicted octanol–water partition coefficient (Wildman–Crippen LogP) is 2.41. The summed E-state index contributed by atoms with van der Waals surface area (Å²) in [5.41, 5.74) is 4.26. The number of hydrogen-bond acceptors (Lipinski definition) is 3. The van der Waals surface area contributed by atoms with E-state index in [1.54, 1.807) is 0 Å². The molecule has 2 fully saturated rings. The van der Waals surface area contributed by atoms with Crippen LogP contribution in [0.1, 0.15) is 42.5 Å². The molecule has 7 heteroatoms. The molecule has 0 unspecified atom stereocenters. The van der Waals surface area contributed by atoms with Gasteiger partial charge in [0.25, 0.3) is 0 Å².